The predicted octanol–water partition coefficient (Wildman–Crippen LogP) is 2.90. The lowest BCUT2D eigenvalue weighted by atomic mass is 9.75. The van der Waals surface area contributed by atoms with Gasteiger partial charge in [0.05, 0.1) is 5.92 Å². The summed E-state index contributed by atoms with van der Waals surface area (Å²) in [6, 6.07) is 10.2. The number of rotatable bonds is 2. The maximum absolute atomic E-state index is 11.4. The van der Waals surface area contributed by atoms with Crippen LogP contribution in [0.3, 0.4) is 0 Å². The van der Waals surface area contributed by atoms with Crippen molar-refractivity contribution in [1.29, 1.82) is 0 Å². The van der Waals surface area contributed by atoms with Gasteiger partial charge >= 0.3 is 5.97 Å². The highest BCUT2D eigenvalue weighted by Crippen LogP contribution is 2.56. The second-order valence-electron chi connectivity index (χ2n) is 5.13. The summed E-state index contributed by atoms with van der Waals surface area (Å²) in [5.41, 5.74) is 1.22. The fourth-order valence-corrected chi connectivity index (χ4v) is 3.80. The number of carboxylic acid groups (broad SMARTS) is 1. The molecule has 3 rings (SSSR count). The smallest absolute Gasteiger partial charge is 0.307 e. The third-order valence-corrected chi connectivity index (χ3v) is 4.39. The highest BCUT2D eigenvalue weighted by molar-refractivity contribution is 5.72. The minimum absolute atomic E-state index is 0.138. The SMILES string of the molecule is O=C(O)[C@H]1[C@H]2CC[C@H](C2)[C@H]1c1ccccc1. The molecule has 1 N–H and O–H groups in total. The van der Waals surface area contributed by atoms with Crippen molar-refractivity contribution in [3.05, 3.63) is 35.9 Å². The quantitative estimate of drug-likeness (QED) is 0.825. The molecule has 1 aromatic rings. The van der Waals surface area contributed by atoms with Gasteiger partial charge < -0.3 is 5.11 Å². The van der Waals surface area contributed by atoms with E-state index < -0.39 is 5.97 Å². The van der Waals surface area contributed by atoms with Crippen LogP contribution in [-0.2, 0) is 4.79 Å². The third kappa shape index (κ3) is 1.36. The molecule has 2 aliphatic rings. The second kappa shape index (κ2) is 3.62. The molecule has 0 unspecified atom stereocenters. The van der Waals surface area contributed by atoms with Gasteiger partial charge in [-0.3, -0.25) is 4.79 Å². The topological polar surface area (TPSA) is 37.3 Å². The molecular formula is C14H16O2. The standard InChI is InChI=1S/C14H16O2/c15-14(16)13-11-7-6-10(8-11)12(13)9-4-2-1-3-5-9/h1-5,10-13H,6-8H2,(H,15,16)/t10-,11+,12-,13+/m1/s1. The molecule has 2 nitrogen and oxygen atoms in total. The van der Waals surface area contributed by atoms with E-state index >= 15 is 0 Å². The molecule has 0 aliphatic heterocycles. The average Bonchev–Trinajstić information content (AvgIpc) is 2.89. The Morgan fingerprint density at radius 3 is 2.50 bits per heavy atom. The van der Waals surface area contributed by atoms with Crippen LogP contribution in [0.5, 0.6) is 0 Å². The van der Waals surface area contributed by atoms with Crippen LogP contribution in [-0.4, -0.2) is 11.1 Å². The fourth-order valence-electron chi connectivity index (χ4n) is 3.80. The van der Waals surface area contributed by atoms with Crippen LogP contribution in [0.15, 0.2) is 30.3 Å². The average molecular weight is 216 g/mol. The molecule has 2 fully saturated rings. The number of fused-ring (bicyclic) bond motifs is 2. The van der Waals surface area contributed by atoms with Gasteiger partial charge in [0.1, 0.15) is 0 Å². The Bertz CT molecular complexity index is 398. The van der Waals surface area contributed by atoms with Crippen molar-refractivity contribution in [1.82, 2.24) is 0 Å². The molecule has 0 saturated heterocycles. The summed E-state index contributed by atoms with van der Waals surface area (Å²) in [5.74, 6) is 0.556. The van der Waals surface area contributed by atoms with E-state index in [1.807, 2.05) is 18.2 Å². The highest BCUT2D eigenvalue weighted by Gasteiger charge is 2.51. The number of benzene rings is 1. The zero-order chi connectivity index (χ0) is 11.1. The van der Waals surface area contributed by atoms with Crippen LogP contribution in [0.4, 0.5) is 0 Å². The van der Waals surface area contributed by atoms with E-state index in [1.54, 1.807) is 0 Å². The molecule has 84 valence electrons. The molecule has 0 spiro atoms. The molecular weight excluding hydrogens is 200 g/mol. The molecule has 0 heterocycles. The van der Waals surface area contributed by atoms with E-state index in [0.717, 1.165) is 12.8 Å². The summed E-state index contributed by atoms with van der Waals surface area (Å²) in [7, 11) is 0. The molecule has 0 aromatic heterocycles. The maximum atomic E-state index is 11.4. The molecule has 2 heteroatoms. The van der Waals surface area contributed by atoms with Crippen LogP contribution < -0.4 is 0 Å². The van der Waals surface area contributed by atoms with Gasteiger partial charge in [-0.2, -0.15) is 0 Å². The molecule has 16 heavy (non-hydrogen) atoms. The van der Waals surface area contributed by atoms with Crippen molar-refractivity contribution in [2.75, 3.05) is 0 Å². The first-order valence-corrected chi connectivity index (χ1v) is 6.05. The summed E-state index contributed by atoms with van der Waals surface area (Å²) >= 11 is 0. The second-order valence-corrected chi connectivity index (χ2v) is 5.13. The molecule has 1 aromatic carbocycles. The lowest BCUT2D eigenvalue weighted by molar-refractivity contribution is -0.144. The van der Waals surface area contributed by atoms with Crippen LogP contribution >= 0.6 is 0 Å². The van der Waals surface area contributed by atoms with Crippen molar-refractivity contribution in [2.24, 2.45) is 17.8 Å². The van der Waals surface area contributed by atoms with Crippen molar-refractivity contribution >= 4 is 5.97 Å². The Morgan fingerprint density at radius 1 is 1.12 bits per heavy atom. The van der Waals surface area contributed by atoms with Gasteiger partial charge in [0.25, 0.3) is 0 Å². The number of aliphatic carboxylic acids is 1. The Balaban J connectivity index is 1.97. The van der Waals surface area contributed by atoms with Gasteiger partial charge in [0.2, 0.25) is 0 Å². The van der Waals surface area contributed by atoms with Crippen LogP contribution in [0.1, 0.15) is 30.7 Å². The van der Waals surface area contributed by atoms with E-state index in [0.29, 0.717) is 11.8 Å². The van der Waals surface area contributed by atoms with E-state index in [1.165, 1.54) is 12.0 Å². The van der Waals surface area contributed by atoms with Gasteiger partial charge in [-0.1, -0.05) is 30.3 Å². The monoisotopic (exact) mass is 216 g/mol. The lowest BCUT2D eigenvalue weighted by Crippen LogP contribution is -2.27. The third-order valence-electron chi connectivity index (χ3n) is 4.39. The minimum Gasteiger partial charge on any atom is -0.481 e. The van der Waals surface area contributed by atoms with Crippen LogP contribution in [0, 0.1) is 17.8 Å². The lowest BCUT2D eigenvalue weighted by Gasteiger charge is -2.28. The van der Waals surface area contributed by atoms with E-state index in [4.69, 9.17) is 0 Å². The number of carboxylic acids is 1. The normalized spacial score (nSPS) is 36.5. The highest BCUT2D eigenvalue weighted by atomic mass is 16.4. The van der Waals surface area contributed by atoms with Crippen molar-refractivity contribution < 1.29 is 9.90 Å². The Kier molecular flexibility index (Phi) is 2.23. The number of carbonyl (C=O) groups is 1. The summed E-state index contributed by atoms with van der Waals surface area (Å²) in [6.07, 6.45) is 3.45. The Morgan fingerprint density at radius 2 is 1.81 bits per heavy atom. The summed E-state index contributed by atoms with van der Waals surface area (Å²) in [6.45, 7) is 0. The van der Waals surface area contributed by atoms with Gasteiger partial charge in [-0.25, -0.2) is 0 Å². The first-order chi connectivity index (χ1) is 7.77. The van der Waals surface area contributed by atoms with E-state index in [2.05, 4.69) is 12.1 Å². The van der Waals surface area contributed by atoms with Crippen molar-refractivity contribution in [3.63, 3.8) is 0 Å². The van der Waals surface area contributed by atoms with Crippen molar-refractivity contribution in [3.8, 4) is 0 Å². The zero-order valence-corrected chi connectivity index (χ0v) is 9.17. The predicted molar refractivity (Wildman–Crippen MR) is 61.1 cm³/mol. The Hall–Kier alpha value is -1.31. The van der Waals surface area contributed by atoms with Crippen molar-refractivity contribution in [2.45, 2.75) is 25.2 Å². The van der Waals surface area contributed by atoms with Gasteiger partial charge in [-0.05, 0) is 36.7 Å². The summed E-state index contributed by atoms with van der Waals surface area (Å²) in [5, 5.41) is 9.37. The first kappa shape index (κ1) is 9.88. The maximum Gasteiger partial charge on any atom is 0.307 e. The van der Waals surface area contributed by atoms with E-state index in [9.17, 15) is 9.90 Å². The largest absolute Gasteiger partial charge is 0.481 e. The molecule has 0 radical (unpaired) electrons. The summed E-state index contributed by atoms with van der Waals surface area (Å²) in [4.78, 5) is 11.4. The molecule has 2 aliphatic carbocycles. The molecule has 4 atom stereocenters. The number of hydrogen-bond acceptors (Lipinski definition) is 1. The van der Waals surface area contributed by atoms with E-state index in [-0.39, 0.29) is 11.8 Å². The minimum atomic E-state index is -0.596. The fraction of sp³-hybridized carbons (Fsp3) is 0.500. The Labute approximate surface area is 95.3 Å². The van der Waals surface area contributed by atoms with Gasteiger partial charge in [-0.15, -0.1) is 0 Å². The van der Waals surface area contributed by atoms with Crippen LogP contribution in [0.25, 0.3) is 0 Å². The van der Waals surface area contributed by atoms with Crippen LogP contribution in [0.2, 0.25) is 0 Å². The first-order valence-electron chi connectivity index (χ1n) is 6.05. The van der Waals surface area contributed by atoms with Gasteiger partial charge in [0.15, 0.2) is 0 Å². The zero-order valence-electron chi connectivity index (χ0n) is 9.17. The molecule has 2 bridgehead atoms. The number of hydrogen-bond donors (Lipinski definition) is 1. The van der Waals surface area contributed by atoms with Gasteiger partial charge in [0, 0.05) is 5.92 Å². The summed E-state index contributed by atoms with van der Waals surface area (Å²) < 4.78 is 0. The molecule has 2 saturated carbocycles. The molecule has 0 amide bonds.